The summed E-state index contributed by atoms with van der Waals surface area (Å²) in [7, 11) is 0. The van der Waals surface area contributed by atoms with Gasteiger partial charge in [0.2, 0.25) is 0 Å². The summed E-state index contributed by atoms with van der Waals surface area (Å²) >= 11 is 0. The zero-order valence-electron chi connectivity index (χ0n) is 15.1. The maximum absolute atomic E-state index is 11.8. The Labute approximate surface area is 155 Å². The van der Waals surface area contributed by atoms with Gasteiger partial charge >= 0.3 is 5.63 Å². The number of hydrogen-bond acceptors (Lipinski definition) is 6. The molecule has 0 amide bonds. The minimum absolute atomic E-state index is 0.212. The molecule has 0 unspecified atom stereocenters. The first-order chi connectivity index (χ1) is 13.2. The lowest BCUT2D eigenvalue weighted by Gasteiger charge is -2.10. The molecular formula is C21H18N2O4. The Hall–Kier alpha value is -3.41. The van der Waals surface area contributed by atoms with Crippen LogP contribution in [0.25, 0.3) is 22.4 Å². The number of pyridine rings is 1. The number of fused-ring (bicyclic) bond motifs is 1. The number of aromatic nitrogens is 2. The van der Waals surface area contributed by atoms with Crippen LogP contribution in [0.1, 0.15) is 23.8 Å². The van der Waals surface area contributed by atoms with E-state index < -0.39 is 0 Å². The van der Waals surface area contributed by atoms with Crippen LogP contribution in [0, 0.1) is 6.92 Å². The highest BCUT2D eigenvalue weighted by Crippen LogP contribution is 2.29. The minimum Gasteiger partial charge on any atom is -0.485 e. The number of hydrogen-bond donors (Lipinski definition) is 0. The second-order valence-corrected chi connectivity index (χ2v) is 6.19. The Balaban J connectivity index is 1.59. The molecule has 0 aliphatic rings. The van der Waals surface area contributed by atoms with Crippen LogP contribution in [-0.2, 0) is 13.0 Å². The standard InChI is InChI=1S/C21H18N2O4/c1-3-14-10-20(24)26-21-13(2)19(8-7-16(14)21)25-12-15-11-18(23-27-15)17-6-4-5-9-22-17/h4-11H,3,12H2,1-2H3. The molecule has 3 aromatic heterocycles. The van der Waals surface area contributed by atoms with Crippen molar-refractivity contribution in [1.82, 2.24) is 10.1 Å². The summed E-state index contributed by atoms with van der Waals surface area (Å²) in [6.07, 6.45) is 2.47. The van der Waals surface area contributed by atoms with E-state index in [1.807, 2.05) is 44.2 Å². The van der Waals surface area contributed by atoms with Crippen molar-refractivity contribution in [3.63, 3.8) is 0 Å². The molecule has 6 nitrogen and oxygen atoms in total. The molecule has 0 radical (unpaired) electrons. The van der Waals surface area contributed by atoms with E-state index in [1.54, 1.807) is 12.3 Å². The Kier molecular flexibility index (Phi) is 4.46. The Morgan fingerprint density at radius 1 is 1.11 bits per heavy atom. The van der Waals surface area contributed by atoms with Crippen molar-refractivity contribution in [1.29, 1.82) is 0 Å². The first kappa shape index (κ1) is 17.0. The van der Waals surface area contributed by atoms with Crippen LogP contribution >= 0.6 is 0 Å². The molecule has 4 aromatic rings. The third-order valence-corrected chi connectivity index (χ3v) is 4.43. The molecule has 0 bridgehead atoms. The Bertz CT molecular complexity index is 1150. The van der Waals surface area contributed by atoms with Gasteiger partial charge in [0.05, 0.1) is 5.69 Å². The molecule has 0 N–H and O–H groups in total. The van der Waals surface area contributed by atoms with Crippen molar-refractivity contribution >= 4 is 11.0 Å². The number of rotatable bonds is 5. The largest absolute Gasteiger partial charge is 0.485 e. The average Bonchev–Trinajstić information content (AvgIpc) is 3.17. The summed E-state index contributed by atoms with van der Waals surface area (Å²) in [6.45, 7) is 4.10. The van der Waals surface area contributed by atoms with Gasteiger partial charge in [-0.05, 0) is 43.2 Å². The molecule has 0 saturated heterocycles. The molecule has 6 heteroatoms. The first-order valence-electron chi connectivity index (χ1n) is 8.72. The summed E-state index contributed by atoms with van der Waals surface area (Å²) in [4.78, 5) is 16.1. The molecular weight excluding hydrogens is 344 g/mol. The van der Waals surface area contributed by atoms with Gasteiger partial charge in [-0.15, -0.1) is 0 Å². The lowest BCUT2D eigenvalue weighted by Crippen LogP contribution is -2.02. The SMILES string of the molecule is CCc1cc(=O)oc2c(C)c(OCc3cc(-c4ccccn4)no3)ccc12. The highest BCUT2D eigenvalue weighted by atomic mass is 16.5. The van der Waals surface area contributed by atoms with E-state index >= 15 is 0 Å². The fourth-order valence-electron chi connectivity index (χ4n) is 3.02. The van der Waals surface area contributed by atoms with Crippen molar-refractivity contribution in [3.8, 4) is 17.1 Å². The van der Waals surface area contributed by atoms with E-state index in [4.69, 9.17) is 13.7 Å². The maximum atomic E-state index is 11.8. The van der Waals surface area contributed by atoms with Crippen LogP contribution in [0.3, 0.4) is 0 Å². The molecule has 0 saturated carbocycles. The highest BCUT2D eigenvalue weighted by Gasteiger charge is 2.13. The molecule has 4 rings (SSSR count). The summed E-state index contributed by atoms with van der Waals surface area (Å²) in [5, 5.41) is 4.96. The van der Waals surface area contributed by atoms with Crippen LogP contribution in [-0.4, -0.2) is 10.1 Å². The normalized spacial score (nSPS) is 11.0. The van der Waals surface area contributed by atoms with Crippen molar-refractivity contribution in [2.24, 2.45) is 0 Å². The zero-order valence-corrected chi connectivity index (χ0v) is 15.1. The topological polar surface area (TPSA) is 78.4 Å². The van der Waals surface area contributed by atoms with Gasteiger partial charge in [0.25, 0.3) is 0 Å². The van der Waals surface area contributed by atoms with Gasteiger partial charge in [0, 0.05) is 29.3 Å². The molecule has 1 aromatic carbocycles. The van der Waals surface area contributed by atoms with Crippen molar-refractivity contribution in [2.45, 2.75) is 26.9 Å². The molecule has 0 fully saturated rings. The van der Waals surface area contributed by atoms with Crippen LogP contribution < -0.4 is 10.4 Å². The third-order valence-electron chi connectivity index (χ3n) is 4.43. The van der Waals surface area contributed by atoms with Crippen LogP contribution in [0.15, 0.2) is 62.4 Å². The maximum Gasteiger partial charge on any atom is 0.336 e. The molecule has 0 aliphatic carbocycles. The Morgan fingerprint density at radius 2 is 2.00 bits per heavy atom. The first-order valence-corrected chi connectivity index (χ1v) is 8.72. The Morgan fingerprint density at radius 3 is 2.78 bits per heavy atom. The molecule has 3 heterocycles. The fourth-order valence-corrected chi connectivity index (χ4v) is 3.02. The van der Waals surface area contributed by atoms with Gasteiger partial charge in [-0.25, -0.2) is 4.79 Å². The number of aryl methyl sites for hydroxylation is 2. The van der Waals surface area contributed by atoms with Crippen molar-refractivity contribution in [2.75, 3.05) is 0 Å². The number of nitrogens with zero attached hydrogens (tertiary/aromatic N) is 2. The monoisotopic (exact) mass is 362 g/mol. The van der Waals surface area contributed by atoms with E-state index in [2.05, 4.69) is 10.1 Å². The molecule has 0 aliphatic heterocycles. The number of benzene rings is 1. The average molecular weight is 362 g/mol. The zero-order chi connectivity index (χ0) is 18.8. The summed E-state index contributed by atoms with van der Waals surface area (Å²) in [5.74, 6) is 1.22. The van der Waals surface area contributed by atoms with Gasteiger partial charge in [-0.3, -0.25) is 4.98 Å². The van der Waals surface area contributed by atoms with Gasteiger partial charge in [-0.2, -0.15) is 0 Å². The lowest BCUT2D eigenvalue weighted by atomic mass is 10.0. The van der Waals surface area contributed by atoms with Gasteiger partial charge in [0.1, 0.15) is 23.6 Å². The van der Waals surface area contributed by atoms with Crippen LogP contribution in [0.4, 0.5) is 0 Å². The smallest absolute Gasteiger partial charge is 0.336 e. The fraction of sp³-hybridized carbons (Fsp3) is 0.190. The summed E-state index contributed by atoms with van der Waals surface area (Å²) < 4.78 is 16.6. The number of ether oxygens (including phenoxy) is 1. The predicted octanol–water partition coefficient (Wildman–Crippen LogP) is 4.29. The van der Waals surface area contributed by atoms with Gasteiger partial charge < -0.3 is 13.7 Å². The third kappa shape index (κ3) is 3.33. The van der Waals surface area contributed by atoms with E-state index in [0.717, 1.165) is 28.6 Å². The molecule has 0 spiro atoms. The van der Waals surface area contributed by atoms with Crippen LogP contribution in [0.5, 0.6) is 5.75 Å². The lowest BCUT2D eigenvalue weighted by molar-refractivity contribution is 0.248. The van der Waals surface area contributed by atoms with E-state index in [-0.39, 0.29) is 12.2 Å². The van der Waals surface area contributed by atoms with Crippen molar-refractivity contribution < 1.29 is 13.7 Å². The minimum atomic E-state index is -0.352. The van der Waals surface area contributed by atoms with E-state index in [0.29, 0.717) is 22.8 Å². The summed E-state index contributed by atoms with van der Waals surface area (Å²) in [6, 6.07) is 12.7. The predicted molar refractivity (Wildman–Crippen MR) is 101 cm³/mol. The quantitative estimate of drug-likeness (QED) is 0.493. The highest BCUT2D eigenvalue weighted by molar-refractivity contribution is 5.84. The van der Waals surface area contributed by atoms with Gasteiger partial charge in [-0.1, -0.05) is 18.1 Å². The van der Waals surface area contributed by atoms with E-state index in [9.17, 15) is 4.79 Å². The molecule has 0 atom stereocenters. The molecule has 27 heavy (non-hydrogen) atoms. The van der Waals surface area contributed by atoms with Crippen LogP contribution in [0.2, 0.25) is 0 Å². The molecule has 136 valence electrons. The summed E-state index contributed by atoms with van der Waals surface area (Å²) in [5.41, 5.74) is 3.35. The van der Waals surface area contributed by atoms with E-state index in [1.165, 1.54) is 6.07 Å². The van der Waals surface area contributed by atoms with Gasteiger partial charge in [0.15, 0.2) is 5.76 Å². The second-order valence-electron chi connectivity index (χ2n) is 6.19. The second kappa shape index (κ2) is 7.07. The van der Waals surface area contributed by atoms with Crippen molar-refractivity contribution in [3.05, 3.63) is 76.0 Å².